The first kappa shape index (κ1) is 11.7. The normalized spacial score (nSPS) is 9.93. The van der Waals surface area contributed by atoms with Crippen LogP contribution in [0.4, 0.5) is 23.2 Å². The summed E-state index contributed by atoms with van der Waals surface area (Å²) >= 11 is 0.512. The molecule has 0 amide bonds. The number of thioether (sulfide) groups is 1. The lowest BCUT2D eigenvalue weighted by Crippen LogP contribution is -1.98. The summed E-state index contributed by atoms with van der Waals surface area (Å²) in [6.07, 6.45) is 1.26. The molecule has 0 saturated carbocycles. The Morgan fingerprint density at radius 3 is 1.87 bits per heavy atom. The second-order valence-electron chi connectivity index (χ2n) is 2.33. The lowest BCUT2D eigenvalue weighted by molar-refractivity contribution is 0.429. The Morgan fingerprint density at radius 1 is 1.07 bits per heavy atom. The zero-order valence-corrected chi connectivity index (χ0v) is 8.08. The second kappa shape index (κ2) is 4.41. The van der Waals surface area contributed by atoms with E-state index < -0.39 is 33.9 Å². The van der Waals surface area contributed by atoms with Gasteiger partial charge in [0.15, 0.2) is 23.3 Å². The Labute approximate surface area is 85.7 Å². The van der Waals surface area contributed by atoms with Gasteiger partial charge < -0.3 is 0 Å². The summed E-state index contributed by atoms with van der Waals surface area (Å²) in [7, 11) is 0. The van der Waals surface area contributed by atoms with E-state index in [1.54, 1.807) is 0 Å². The maximum absolute atomic E-state index is 13.0. The first-order valence-electron chi connectivity index (χ1n) is 3.49. The number of azide groups is 1. The average molecular weight is 237 g/mol. The maximum Gasteiger partial charge on any atom is 0.176 e. The minimum absolute atomic E-state index is 0.512. The van der Waals surface area contributed by atoms with Crippen molar-refractivity contribution >= 4 is 17.4 Å². The molecule has 0 aliphatic carbocycles. The highest BCUT2D eigenvalue weighted by molar-refractivity contribution is 7.98. The second-order valence-corrected chi connectivity index (χ2v) is 3.14. The van der Waals surface area contributed by atoms with Crippen molar-refractivity contribution in [2.45, 2.75) is 4.90 Å². The van der Waals surface area contributed by atoms with Crippen molar-refractivity contribution in [3.8, 4) is 0 Å². The van der Waals surface area contributed by atoms with Gasteiger partial charge in [0, 0.05) is 4.91 Å². The molecule has 0 unspecified atom stereocenters. The van der Waals surface area contributed by atoms with Gasteiger partial charge in [-0.15, -0.1) is 11.8 Å². The van der Waals surface area contributed by atoms with Crippen LogP contribution in [0.15, 0.2) is 10.0 Å². The molecule has 0 aromatic heterocycles. The Balaban J connectivity index is 3.65. The van der Waals surface area contributed by atoms with Crippen LogP contribution < -0.4 is 0 Å². The summed E-state index contributed by atoms with van der Waals surface area (Å²) in [5, 5.41) is 2.54. The zero-order chi connectivity index (χ0) is 11.6. The molecular formula is C7H3F4N3S. The van der Waals surface area contributed by atoms with Gasteiger partial charge >= 0.3 is 0 Å². The van der Waals surface area contributed by atoms with E-state index in [0.29, 0.717) is 11.8 Å². The predicted molar refractivity (Wildman–Crippen MR) is 46.9 cm³/mol. The van der Waals surface area contributed by atoms with Crippen LogP contribution in [0, 0.1) is 23.3 Å². The molecule has 0 atom stereocenters. The Morgan fingerprint density at radius 2 is 1.53 bits per heavy atom. The van der Waals surface area contributed by atoms with Crippen molar-refractivity contribution in [1.29, 1.82) is 0 Å². The van der Waals surface area contributed by atoms with Gasteiger partial charge in [-0.1, -0.05) is 5.11 Å². The van der Waals surface area contributed by atoms with Crippen LogP contribution in [0.1, 0.15) is 0 Å². The lowest BCUT2D eigenvalue weighted by Gasteiger charge is -2.06. The van der Waals surface area contributed by atoms with Crippen molar-refractivity contribution in [2.75, 3.05) is 6.26 Å². The fourth-order valence-corrected chi connectivity index (χ4v) is 1.45. The quantitative estimate of drug-likeness (QED) is 0.192. The van der Waals surface area contributed by atoms with Crippen LogP contribution in [-0.4, -0.2) is 6.26 Å². The van der Waals surface area contributed by atoms with Gasteiger partial charge in [-0.25, -0.2) is 17.6 Å². The van der Waals surface area contributed by atoms with E-state index in [0.717, 1.165) is 0 Å². The number of halogens is 4. The van der Waals surface area contributed by atoms with E-state index in [-0.39, 0.29) is 0 Å². The van der Waals surface area contributed by atoms with Crippen LogP contribution in [0.25, 0.3) is 10.4 Å². The fraction of sp³-hybridized carbons (Fsp3) is 0.143. The monoisotopic (exact) mass is 237 g/mol. The van der Waals surface area contributed by atoms with Gasteiger partial charge in [0.1, 0.15) is 5.69 Å². The van der Waals surface area contributed by atoms with Crippen molar-refractivity contribution in [2.24, 2.45) is 5.11 Å². The molecule has 1 aromatic rings. The van der Waals surface area contributed by atoms with Crippen LogP contribution in [0.2, 0.25) is 0 Å². The molecule has 0 fully saturated rings. The smallest absolute Gasteiger partial charge is 0.176 e. The number of benzene rings is 1. The van der Waals surface area contributed by atoms with E-state index in [4.69, 9.17) is 5.53 Å². The third kappa shape index (κ3) is 1.86. The molecule has 1 aromatic carbocycles. The molecule has 80 valence electrons. The van der Waals surface area contributed by atoms with Gasteiger partial charge in [-0.3, -0.25) is 0 Å². The van der Waals surface area contributed by atoms with E-state index in [2.05, 4.69) is 10.0 Å². The summed E-state index contributed by atoms with van der Waals surface area (Å²) in [6.45, 7) is 0. The Kier molecular flexibility index (Phi) is 3.43. The molecule has 15 heavy (non-hydrogen) atoms. The highest BCUT2D eigenvalue weighted by Gasteiger charge is 2.23. The minimum atomic E-state index is -1.70. The van der Waals surface area contributed by atoms with E-state index >= 15 is 0 Å². The number of hydrogen-bond acceptors (Lipinski definition) is 2. The van der Waals surface area contributed by atoms with E-state index in [9.17, 15) is 17.6 Å². The molecule has 0 saturated heterocycles. The first-order chi connectivity index (χ1) is 7.04. The predicted octanol–water partition coefficient (Wildman–Crippen LogP) is 3.91. The summed E-state index contributed by atoms with van der Waals surface area (Å²) in [5.41, 5.74) is 6.65. The van der Waals surface area contributed by atoms with Crippen LogP contribution in [0.3, 0.4) is 0 Å². The van der Waals surface area contributed by atoms with Crippen molar-refractivity contribution in [3.63, 3.8) is 0 Å². The highest BCUT2D eigenvalue weighted by atomic mass is 32.2. The molecule has 3 nitrogen and oxygen atoms in total. The largest absolute Gasteiger partial charge is 0.203 e. The van der Waals surface area contributed by atoms with Crippen LogP contribution >= 0.6 is 11.8 Å². The standard InChI is InChI=1S/C7H3F4N3S/c1-15-7-4(10)2(8)6(13-14-12)3(9)5(7)11/h1H3. The molecule has 0 aliphatic heterocycles. The summed E-state index contributed by atoms with van der Waals surface area (Å²) in [6, 6.07) is 0. The third-order valence-corrected chi connectivity index (χ3v) is 2.32. The lowest BCUT2D eigenvalue weighted by atomic mass is 10.2. The molecule has 0 spiro atoms. The highest BCUT2D eigenvalue weighted by Crippen LogP contribution is 2.34. The van der Waals surface area contributed by atoms with E-state index in [1.807, 2.05) is 0 Å². The minimum Gasteiger partial charge on any atom is -0.203 e. The molecule has 0 bridgehead atoms. The topological polar surface area (TPSA) is 48.8 Å². The summed E-state index contributed by atoms with van der Waals surface area (Å²) in [4.78, 5) is 1.28. The molecule has 0 radical (unpaired) electrons. The van der Waals surface area contributed by atoms with Gasteiger partial charge in [0.05, 0.1) is 4.90 Å². The van der Waals surface area contributed by atoms with Crippen molar-refractivity contribution < 1.29 is 17.6 Å². The molecule has 0 aliphatic rings. The maximum atomic E-state index is 13.0. The van der Waals surface area contributed by atoms with Crippen molar-refractivity contribution in [1.82, 2.24) is 0 Å². The van der Waals surface area contributed by atoms with Crippen LogP contribution in [-0.2, 0) is 0 Å². The van der Waals surface area contributed by atoms with Crippen LogP contribution in [0.5, 0.6) is 0 Å². The molecular weight excluding hydrogens is 234 g/mol. The summed E-state index contributed by atoms with van der Waals surface area (Å²) < 4.78 is 52.1. The van der Waals surface area contributed by atoms with Gasteiger partial charge in [0.2, 0.25) is 0 Å². The Bertz CT molecular complexity index is 427. The molecule has 0 N–H and O–H groups in total. The van der Waals surface area contributed by atoms with Gasteiger partial charge in [-0.05, 0) is 11.8 Å². The van der Waals surface area contributed by atoms with Gasteiger partial charge in [0.25, 0.3) is 0 Å². The average Bonchev–Trinajstić information content (AvgIpc) is 2.23. The molecule has 1 rings (SSSR count). The van der Waals surface area contributed by atoms with Crippen molar-refractivity contribution in [3.05, 3.63) is 33.7 Å². The zero-order valence-electron chi connectivity index (χ0n) is 7.26. The molecule has 8 heteroatoms. The molecule has 0 heterocycles. The Hall–Kier alpha value is -1.40. The third-order valence-electron chi connectivity index (χ3n) is 1.55. The number of hydrogen-bond donors (Lipinski definition) is 0. The number of rotatable bonds is 2. The fourth-order valence-electron chi connectivity index (χ4n) is 0.912. The first-order valence-corrected chi connectivity index (χ1v) is 4.72. The van der Waals surface area contributed by atoms with Gasteiger partial charge in [-0.2, -0.15) is 0 Å². The van der Waals surface area contributed by atoms with E-state index in [1.165, 1.54) is 6.26 Å². The SMILES string of the molecule is CSc1c(F)c(F)c(N=[N+]=[N-])c(F)c1F. The summed E-state index contributed by atoms with van der Waals surface area (Å²) in [5.74, 6) is -6.53. The number of nitrogens with zero attached hydrogens (tertiary/aromatic N) is 3.